The van der Waals surface area contributed by atoms with Crippen LogP contribution in [-0.4, -0.2) is 24.5 Å². The highest BCUT2D eigenvalue weighted by Crippen LogP contribution is 2.25. The molecular weight excluding hydrogens is 413 g/mol. The Labute approximate surface area is 181 Å². The molecule has 0 spiro atoms. The summed E-state index contributed by atoms with van der Waals surface area (Å²) < 4.78 is 43.4. The summed E-state index contributed by atoms with van der Waals surface area (Å²) in [6.45, 7) is 2.68. The Kier molecular flexibility index (Phi) is 6.15. The summed E-state index contributed by atoms with van der Waals surface area (Å²) in [4.78, 5) is 4.93. The summed E-state index contributed by atoms with van der Waals surface area (Å²) in [7, 11) is -3.61. The number of aromatic nitrogens is 2. The number of halogens is 1. The van der Waals surface area contributed by atoms with E-state index in [1.165, 1.54) is 12.1 Å². The van der Waals surface area contributed by atoms with Crippen molar-refractivity contribution in [3.63, 3.8) is 0 Å². The quantitative estimate of drug-likeness (QED) is 0.432. The number of rotatable bonds is 8. The Balaban J connectivity index is 1.56. The van der Waals surface area contributed by atoms with Gasteiger partial charge in [0.2, 0.25) is 10.0 Å². The Bertz CT molecular complexity index is 1280. The highest BCUT2D eigenvalue weighted by Gasteiger charge is 2.16. The lowest BCUT2D eigenvalue weighted by Gasteiger charge is -2.11. The van der Waals surface area contributed by atoms with E-state index < -0.39 is 10.0 Å². The molecule has 0 aliphatic heterocycles. The Morgan fingerprint density at radius 3 is 2.39 bits per heavy atom. The van der Waals surface area contributed by atoms with Crippen LogP contribution in [0.1, 0.15) is 18.9 Å². The highest BCUT2D eigenvalue weighted by molar-refractivity contribution is 7.89. The zero-order chi connectivity index (χ0) is 21.8. The Morgan fingerprint density at radius 2 is 1.68 bits per heavy atom. The summed E-state index contributed by atoms with van der Waals surface area (Å²) in [6.07, 6.45) is 1.94. The summed E-state index contributed by atoms with van der Waals surface area (Å²) in [5, 5.41) is 0. The van der Waals surface area contributed by atoms with Gasteiger partial charge in [0.05, 0.1) is 15.9 Å². The van der Waals surface area contributed by atoms with E-state index in [4.69, 9.17) is 0 Å². The van der Waals surface area contributed by atoms with Crippen molar-refractivity contribution in [1.29, 1.82) is 0 Å². The number of para-hydroxylation sites is 2. The predicted octanol–water partition coefficient (Wildman–Crippen LogP) is 4.77. The third-order valence-corrected chi connectivity index (χ3v) is 6.63. The normalized spacial score (nSPS) is 11.8. The molecule has 0 bridgehead atoms. The summed E-state index contributed by atoms with van der Waals surface area (Å²) >= 11 is 0. The Hall–Kier alpha value is -3.03. The van der Waals surface area contributed by atoms with Crippen molar-refractivity contribution < 1.29 is 12.8 Å². The van der Waals surface area contributed by atoms with Gasteiger partial charge in [-0.05, 0) is 60.5 Å². The van der Waals surface area contributed by atoms with Gasteiger partial charge in [0.25, 0.3) is 0 Å². The minimum Gasteiger partial charge on any atom is -0.323 e. The number of fused-ring (bicyclic) bond motifs is 1. The van der Waals surface area contributed by atoms with E-state index in [0.717, 1.165) is 35.0 Å². The number of imidazole rings is 1. The lowest BCUT2D eigenvalue weighted by atomic mass is 10.1. The van der Waals surface area contributed by atoms with Crippen molar-refractivity contribution in [2.24, 2.45) is 0 Å². The smallest absolute Gasteiger partial charge is 0.240 e. The molecule has 0 atom stereocenters. The topological polar surface area (TPSA) is 64.0 Å². The van der Waals surface area contributed by atoms with Crippen molar-refractivity contribution in [3.05, 3.63) is 84.2 Å². The molecule has 0 saturated carbocycles. The Morgan fingerprint density at radius 1 is 0.968 bits per heavy atom. The van der Waals surface area contributed by atoms with Gasteiger partial charge in [0, 0.05) is 18.7 Å². The van der Waals surface area contributed by atoms with Crippen LogP contribution in [0.5, 0.6) is 0 Å². The number of benzene rings is 3. The van der Waals surface area contributed by atoms with Gasteiger partial charge in [0.1, 0.15) is 11.6 Å². The van der Waals surface area contributed by atoms with E-state index in [2.05, 4.69) is 16.6 Å². The highest BCUT2D eigenvalue weighted by atomic mass is 32.2. The molecule has 5 nitrogen and oxygen atoms in total. The molecule has 4 rings (SSSR count). The molecule has 1 N–H and O–H groups in total. The summed E-state index contributed by atoms with van der Waals surface area (Å²) in [5.74, 6) is 0.355. The van der Waals surface area contributed by atoms with Crippen LogP contribution in [0.15, 0.2) is 77.7 Å². The first kappa shape index (κ1) is 21.2. The fourth-order valence-electron chi connectivity index (χ4n) is 3.62. The van der Waals surface area contributed by atoms with Gasteiger partial charge in [0.15, 0.2) is 0 Å². The van der Waals surface area contributed by atoms with Gasteiger partial charge in [-0.1, -0.05) is 37.6 Å². The number of hydrogen-bond acceptors (Lipinski definition) is 3. The van der Waals surface area contributed by atoms with E-state index >= 15 is 0 Å². The first-order valence-corrected chi connectivity index (χ1v) is 11.8. The molecule has 0 saturated heterocycles. The zero-order valence-corrected chi connectivity index (χ0v) is 18.1. The van der Waals surface area contributed by atoms with Crippen LogP contribution in [-0.2, 0) is 23.0 Å². The number of nitrogens with zero attached hydrogens (tertiary/aromatic N) is 2. The maximum Gasteiger partial charge on any atom is 0.240 e. The molecular formula is C24H24FN3O2S. The molecule has 0 aliphatic carbocycles. The van der Waals surface area contributed by atoms with E-state index in [0.29, 0.717) is 12.4 Å². The van der Waals surface area contributed by atoms with Crippen molar-refractivity contribution in [2.45, 2.75) is 31.2 Å². The van der Waals surface area contributed by atoms with Crippen LogP contribution in [0.25, 0.3) is 22.4 Å². The standard InChI is InChI=1S/C24H24FN3O2S/c1-2-5-18-8-14-21(15-9-18)31(29,30)26-16-17-28-23-7-4-3-6-22(23)27-24(28)19-10-12-20(25)13-11-19/h3-4,6-15,26H,2,5,16-17H2,1H3. The molecule has 1 heterocycles. The number of hydrogen-bond donors (Lipinski definition) is 1. The minimum absolute atomic E-state index is 0.202. The maximum atomic E-state index is 13.4. The SMILES string of the molecule is CCCc1ccc(S(=O)(=O)NCCn2c(-c3ccc(F)cc3)nc3ccccc32)cc1. The van der Waals surface area contributed by atoms with Crippen molar-refractivity contribution in [1.82, 2.24) is 14.3 Å². The van der Waals surface area contributed by atoms with E-state index in [1.54, 1.807) is 24.3 Å². The molecule has 0 aliphatic rings. The molecule has 31 heavy (non-hydrogen) atoms. The molecule has 0 amide bonds. The second kappa shape index (κ2) is 8.99. The van der Waals surface area contributed by atoms with E-state index in [9.17, 15) is 12.8 Å². The first-order valence-electron chi connectivity index (χ1n) is 10.3. The van der Waals surface area contributed by atoms with E-state index in [1.807, 2.05) is 41.0 Å². The summed E-state index contributed by atoms with van der Waals surface area (Å²) in [5.41, 5.74) is 3.59. The molecule has 3 aromatic carbocycles. The van der Waals surface area contributed by atoms with Crippen LogP contribution in [0, 0.1) is 5.82 Å². The molecule has 160 valence electrons. The van der Waals surface area contributed by atoms with Crippen molar-refractivity contribution in [3.8, 4) is 11.4 Å². The lowest BCUT2D eigenvalue weighted by Crippen LogP contribution is -2.27. The van der Waals surface area contributed by atoms with Gasteiger partial charge in [-0.15, -0.1) is 0 Å². The molecule has 0 fully saturated rings. The monoisotopic (exact) mass is 437 g/mol. The average molecular weight is 438 g/mol. The summed E-state index contributed by atoms with van der Waals surface area (Å²) in [6, 6.07) is 20.8. The molecule has 1 aromatic heterocycles. The fraction of sp³-hybridized carbons (Fsp3) is 0.208. The molecule has 7 heteroatoms. The second-order valence-electron chi connectivity index (χ2n) is 7.37. The van der Waals surface area contributed by atoms with Gasteiger partial charge in [-0.3, -0.25) is 0 Å². The molecule has 4 aromatic rings. The largest absolute Gasteiger partial charge is 0.323 e. The van der Waals surface area contributed by atoms with Crippen molar-refractivity contribution >= 4 is 21.1 Å². The van der Waals surface area contributed by atoms with Crippen LogP contribution < -0.4 is 4.72 Å². The van der Waals surface area contributed by atoms with Gasteiger partial charge in [-0.25, -0.2) is 22.5 Å². The fourth-order valence-corrected chi connectivity index (χ4v) is 4.64. The first-order chi connectivity index (χ1) is 15.0. The van der Waals surface area contributed by atoms with Crippen LogP contribution in [0.2, 0.25) is 0 Å². The third kappa shape index (κ3) is 4.68. The van der Waals surface area contributed by atoms with Crippen LogP contribution in [0.4, 0.5) is 4.39 Å². The number of nitrogens with one attached hydrogen (secondary N) is 1. The number of sulfonamides is 1. The van der Waals surface area contributed by atoms with Gasteiger partial charge >= 0.3 is 0 Å². The zero-order valence-electron chi connectivity index (χ0n) is 17.3. The van der Waals surface area contributed by atoms with Crippen molar-refractivity contribution in [2.75, 3.05) is 6.54 Å². The minimum atomic E-state index is -3.61. The molecule has 0 radical (unpaired) electrons. The van der Waals surface area contributed by atoms with Gasteiger partial charge < -0.3 is 4.57 Å². The third-order valence-electron chi connectivity index (χ3n) is 5.16. The van der Waals surface area contributed by atoms with Crippen LogP contribution in [0.3, 0.4) is 0 Å². The number of aryl methyl sites for hydroxylation is 1. The molecule has 0 unspecified atom stereocenters. The van der Waals surface area contributed by atoms with E-state index in [-0.39, 0.29) is 17.3 Å². The second-order valence-corrected chi connectivity index (χ2v) is 9.14. The average Bonchev–Trinajstić information content (AvgIpc) is 3.13. The van der Waals surface area contributed by atoms with Gasteiger partial charge in [-0.2, -0.15) is 0 Å². The predicted molar refractivity (Wildman–Crippen MR) is 121 cm³/mol. The maximum absolute atomic E-state index is 13.4. The lowest BCUT2D eigenvalue weighted by molar-refractivity contribution is 0.574. The van der Waals surface area contributed by atoms with Crippen LogP contribution >= 0.6 is 0 Å².